The summed E-state index contributed by atoms with van der Waals surface area (Å²) >= 11 is 0. The van der Waals surface area contributed by atoms with E-state index >= 15 is 0 Å². The second-order valence-corrected chi connectivity index (χ2v) is 5.60. The Kier molecular flexibility index (Phi) is 4.65. The molecule has 1 unspecified atom stereocenters. The van der Waals surface area contributed by atoms with Crippen LogP contribution in [0.15, 0.2) is 24.3 Å². The predicted octanol–water partition coefficient (Wildman–Crippen LogP) is 3.92. The van der Waals surface area contributed by atoms with Gasteiger partial charge in [0.15, 0.2) is 0 Å². The van der Waals surface area contributed by atoms with E-state index in [1.165, 1.54) is 31.2 Å². The molecule has 2 nitrogen and oxygen atoms in total. The van der Waals surface area contributed by atoms with Gasteiger partial charge in [-0.15, -0.1) is 0 Å². The average Bonchev–Trinajstić information content (AvgIpc) is 3.13. The highest BCUT2D eigenvalue weighted by atomic mass is 16.5. The lowest BCUT2D eigenvalue weighted by Gasteiger charge is -2.18. The fraction of sp³-hybridized carbons (Fsp3) is 0.625. The molecule has 1 aromatic rings. The van der Waals surface area contributed by atoms with Crippen LogP contribution in [-0.4, -0.2) is 13.2 Å². The minimum atomic E-state index is 0.236. The molecule has 1 aliphatic carbocycles. The maximum Gasteiger partial charge on any atom is 0.120 e. The molecule has 0 bridgehead atoms. The van der Waals surface area contributed by atoms with Crippen LogP contribution in [0.3, 0.4) is 0 Å². The van der Waals surface area contributed by atoms with E-state index < -0.39 is 0 Å². The average molecular weight is 247 g/mol. The monoisotopic (exact) mass is 247 g/mol. The molecule has 0 amide bonds. The van der Waals surface area contributed by atoms with Crippen LogP contribution < -0.4 is 10.1 Å². The van der Waals surface area contributed by atoms with Crippen LogP contribution in [0.5, 0.6) is 5.75 Å². The molecule has 0 spiro atoms. The van der Waals surface area contributed by atoms with Crippen LogP contribution in [-0.2, 0) is 0 Å². The number of hydrogen-bond donors (Lipinski definition) is 1. The van der Waals surface area contributed by atoms with Gasteiger partial charge in [0.2, 0.25) is 0 Å². The highest BCUT2D eigenvalue weighted by molar-refractivity contribution is 5.30. The lowest BCUT2D eigenvalue weighted by Crippen LogP contribution is -2.16. The SMILES string of the molecule is CNC(CCC1CC1)c1cccc(OC(C)C)c1. The maximum atomic E-state index is 5.76. The van der Waals surface area contributed by atoms with Gasteiger partial charge in [-0.2, -0.15) is 0 Å². The molecule has 2 rings (SSSR count). The lowest BCUT2D eigenvalue weighted by molar-refractivity contribution is 0.242. The molecular weight excluding hydrogens is 222 g/mol. The highest BCUT2D eigenvalue weighted by Crippen LogP contribution is 2.36. The Morgan fingerprint density at radius 3 is 2.72 bits per heavy atom. The Balaban J connectivity index is 1.99. The Bertz CT molecular complexity index is 371. The van der Waals surface area contributed by atoms with E-state index in [0.717, 1.165) is 11.7 Å². The lowest BCUT2D eigenvalue weighted by atomic mass is 10.0. The zero-order valence-electron chi connectivity index (χ0n) is 11.8. The summed E-state index contributed by atoms with van der Waals surface area (Å²) in [6, 6.07) is 8.96. The molecule has 1 fully saturated rings. The van der Waals surface area contributed by atoms with Crippen molar-refractivity contribution < 1.29 is 4.74 Å². The molecule has 1 aliphatic rings. The third-order valence-electron chi connectivity index (χ3n) is 3.54. The first-order chi connectivity index (χ1) is 8.69. The molecule has 1 saturated carbocycles. The quantitative estimate of drug-likeness (QED) is 0.788. The fourth-order valence-electron chi connectivity index (χ4n) is 2.36. The molecule has 100 valence electrons. The van der Waals surface area contributed by atoms with Crippen LogP contribution in [0.1, 0.15) is 51.1 Å². The predicted molar refractivity (Wildman–Crippen MR) is 76.0 cm³/mol. The van der Waals surface area contributed by atoms with E-state index in [0.29, 0.717) is 6.04 Å². The van der Waals surface area contributed by atoms with Gasteiger partial charge in [-0.25, -0.2) is 0 Å². The van der Waals surface area contributed by atoms with Crippen LogP contribution in [0.25, 0.3) is 0 Å². The van der Waals surface area contributed by atoms with Gasteiger partial charge in [0.25, 0.3) is 0 Å². The van der Waals surface area contributed by atoms with Gasteiger partial charge >= 0.3 is 0 Å². The zero-order chi connectivity index (χ0) is 13.0. The molecule has 1 N–H and O–H groups in total. The van der Waals surface area contributed by atoms with E-state index in [9.17, 15) is 0 Å². The smallest absolute Gasteiger partial charge is 0.120 e. The van der Waals surface area contributed by atoms with Gasteiger partial charge in [-0.1, -0.05) is 25.0 Å². The fourth-order valence-corrected chi connectivity index (χ4v) is 2.36. The van der Waals surface area contributed by atoms with Gasteiger partial charge in [-0.05, 0) is 57.4 Å². The van der Waals surface area contributed by atoms with Gasteiger partial charge in [0.1, 0.15) is 5.75 Å². The second-order valence-electron chi connectivity index (χ2n) is 5.60. The van der Waals surface area contributed by atoms with Crippen molar-refractivity contribution in [2.75, 3.05) is 7.05 Å². The summed E-state index contributed by atoms with van der Waals surface area (Å²) in [5, 5.41) is 3.43. The summed E-state index contributed by atoms with van der Waals surface area (Å²) in [6.07, 6.45) is 5.69. The van der Waals surface area contributed by atoms with E-state index in [1.807, 2.05) is 13.1 Å². The molecule has 1 aromatic carbocycles. The van der Waals surface area contributed by atoms with Crippen molar-refractivity contribution in [1.29, 1.82) is 0 Å². The normalized spacial score (nSPS) is 16.9. The first-order valence-corrected chi connectivity index (χ1v) is 7.13. The Hall–Kier alpha value is -1.02. The topological polar surface area (TPSA) is 21.3 Å². The standard InChI is InChI=1S/C16H25NO/c1-12(2)18-15-6-4-5-14(11-15)16(17-3)10-9-13-7-8-13/h4-6,11-13,16-17H,7-10H2,1-3H3. The van der Waals surface area contributed by atoms with Crippen molar-refractivity contribution in [3.05, 3.63) is 29.8 Å². The van der Waals surface area contributed by atoms with Gasteiger partial charge in [0, 0.05) is 6.04 Å². The van der Waals surface area contributed by atoms with Crippen LogP contribution in [0, 0.1) is 5.92 Å². The maximum absolute atomic E-state index is 5.76. The van der Waals surface area contributed by atoms with Crippen LogP contribution in [0.2, 0.25) is 0 Å². The molecule has 18 heavy (non-hydrogen) atoms. The third kappa shape index (κ3) is 4.02. The molecule has 0 aliphatic heterocycles. The molecule has 2 heteroatoms. The third-order valence-corrected chi connectivity index (χ3v) is 3.54. The van der Waals surface area contributed by atoms with Crippen molar-refractivity contribution >= 4 is 0 Å². The van der Waals surface area contributed by atoms with Crippen molar-refractivity contribution in [1.82, 2.24) is 5.32 Å². The van der Waals surface area contributed by atoms with Gasteiger partial charge < -0.3 is 10.1 Å². The largest absolute Gasteiger partial charge is 0.491 e. The Morgan fingerprint density at radius 2 is 2.11 bits per heavy atom. The van der Waals surface area contributed by atoms with Crippen molar-refractivity contribution in [2.45, 2.75) is 51.7 Å². The first kappa shape index (κ1) is 13.4. The molecule has 0 heterocycles. The summed E-state index contributed by atoms with van der Waals surface area (Å²) < 4.78 is 5.76. The molecule has 0 saturated heterocycles. The molecule has 0 radical (unpaired) electrons. The van der Waals surface area contributed by atoms with Crippen LogP contribution in [0.4, 0.5) is 0 Å². The Morgan fingerprint density at radius 1 is 1.33 bits per heavy atom. The van der Waals surface area contributed by atoms with E-state index in [1.54, 1.807) is 0 Å². The molecule has 1 atom stereocenters. The number of ether oxygens (including phenoxy) is 1. The van der Waals surface area contributed by atoms with Crippen molar-refractivity contribution in [2.24, 2.45) is 5.92 Å². The summed E-state index contributed by atoms with van der Waals surface area (Å²) in [4.78, 5) is 0. The van der Waals surface area contributed by atoms with E-state index in [-0.39, 0.29) is 6.10 Å². The van der Waals surface area contributed by atoms with E-state index in [4.69, 9.17) is 4.74 Å². The molecule has 0 aromatic heterocycles. The number of hydrogen-bond acceptors (Lipinski definition) is 2. The van der Waals surface area contributed by atoms with E-state index in [2.05, 4.69) is 37.4 Å². The second kappa shape index (κ2) is 6.24. The number of nitrogens with one attached hydrogen (secondary N) is 1. The van der Waals surface area contributed by atoms with Crippen LogP contribution >= 0.6 is 0 Å². The highest BCUT2D eigenvalue weighted by Gasteiger charge is 2.22. The zero-order valence-corrected chi connectivity index (χ0v) is 11.8. The number of benzene rings is 1. The summed E-state index contributed by atoms with van der Waals surface area (Å²) in [7, 11) is 2.05. The minimum absolute atomic E-state index is 0.236. The van der Waals surface area contributed by atoms with Gasteiger partial charge in [0.05, 0.1) is 6.10 Å². The Labute approximate surface area is 111 Å². The minimum Gasteiger partial charge on any atom is -0.491 e. The van der Waals surface area contributed by atoms with Gasteiger partial charge in [-0.3, -0.25) is 0 Å². The molecular formula is C16H25NO. The van der Waals surface area contributed by atoms with Crippen molar-refractivity contribution in [3.8, 4) is 5.75 Å². The summed E-state index contributed by atoms with van der Waals surface area (Å²) in [5.41, 5.74) is 1.34. The summed E-state index contributed by atoms with van der Waals surface area (Å²) in [5.74, 6) is 1.98. The first-order valence-electron chi connectivity index (χ1n) is 7.13. The van der Waals surface area contributed by atoms with Crippen molar-refractivity contribution in [3.63, 3.8) is 0 Å². The summed E-state index contributed by atoms with van der Waals surface area (Å²) in [6.45, 7) is 4.13. The number of rotatable bonds is 7.